The van der Waals surface area contributed by atoms with Crippen LogP contribution in [0.25, 0.3) is 0 Å². The first-order valence-electron chi connectivity index (χ1n) is 11.5. The second kappa shape index (κ2) is 10.7. The summed E-state index contributed by atoms with van der Waals surface area (Å²) in [5.41, 5.74) is 0.982. The molecule has 0 unspecified atom stereocenters. The van der Waals surface area contributed by atoms with Gasteiger partial charge in [0.05, 0.1) is 10.6 Å². The van der Waals surface area contributed by atoms with Crippen LogP contribution in [-0.4, -0.2) is 20.2 Å². The highest BCUT2D eigenvalue weighted by Crippen LogP contribution is 2.38. The highest BCUT2D eigenvalue weighted by Gasteiger charge is 2.40. The molecule has 1 aliphatic heterocycles. The monoisotopic (exact) mass is 563 g/mol. The van der Waals surface area contributed by atoms with Crippen molar-refractivity contribution in [3.05, 3.63) is 125 Å². The van der Waals surface area contributed by atoms with Gasteiger partial charge in [-0.2, -0.15) is 0 Å². The van der Waals surface area contributed by atoms with Gasteiger partial charge >= 0.3 is 0 Å². The fraction of sp³-hybridized carbons (Fsp3) is 0. The predicted octanol–water partition coefficient (Wildman–Crippen LogP) is 5.75. The van der Waals surface area contributed by atoms with Gasteiger partial charge in [0.15, 0.2) is 0 Å². The molecule has 0 aliphatic carbocycles. The molecule has 1 aliphatic rings. The molecule has 0 bridgehead atoms. The molecular formula is C28H19F2N3O4S2. The summed E-state index contributed by atoms with van der Waals surface area (Å²) in [5, 5.41) is 2.94. The first kappa shape index (κ1) is 26.1. The van der Waals surface area contributed by atoms with Crippen LogP contribution in [0.15, 0.2) is 124 Å². The van der Waals surface area contributed by atoms with Crippen molar-refractivity contribution in [2.45, 2.75) is 9.79 Å². The zero-order chi connectivity index (χ0) is 27.6. The van der Waals surface area contributed by atoms with Crippen LogP contribution in [0.5, 0.6) is 0 Å². The number of anilines is 3. The van der Waals surface area contributed by atoms with Crippen LogP contribution in [0, 0.1) is 11.6 Å². The minimum Gasteiger partial charge on any atom is -0.350 e. The number of carbonyl (C=O) groups excluding carboxylic acids is 2. The van der Waals surface area contributed by atoms with Crippen LogP contribution in [0.1, 0.15) is 0 Å². The van der Waals surface area contributed by atoms with E-state index in [1.165, 1.54) is 36.4 Å². The summed E-state index contributed by atoms with van der Waals surface area (Å²) >= 11 is 0.977. The number of hydrogen-bond acceptors (Lipinski definition) is 6. The molecular weight excluding hydrogens is 544 g/mol. The standard InChI is InChI=1S/C28H19F2N3O4S2/c29-18-9-13-20(14-10-18)31-25-26(28(35)33(27(25)34)22-6-2-1-3-7-22)38-23-8-4-5-21(17-23)32-39(36,37)24-15-11-19(30)12-16-24/h1-17,31-32H. The summed E-state index contributed by atoms with van der Waals surface area (Å²) < 4.78 is 54.6. The van der Waals surface area contributed by atoms with E-state index in [2.05, 4.69) is 10.0 Å². The topological polar surface area (TPSA) is 95.6 Å². The third kappa shape index (κ3) is 5.69. The summed E-state index contributed by atoms with van der Waals surface area (Å²) in [6.07, 6.45) is 0. The number of rotatable bonds is 8. The molecule has 39 heavy (non-hydrogen) atoms. The number of sulfonamides is 1. The molecule has 4 aromatic carbocycles. The molecule has 1 heterocycles. The molecule has 0 radical (unpaired) electrons. The first-order chi connectivity index (χ1) is 18.7. The summed E-state index contributed by atoms with van der Waals surface area (Å²) in [6.45, 7) is 0. The normalized spacial score (nSPS) is 13.6. The third-order valence-corrected chi connectivity index (χ3v) is 8.07. The highest BCUT2D eigenvalue weighted by atomic mass is 32.2. The van der Waals surface area contributed by atoms with Crippen LogP contribution in [0.3, 0.4) is 0 Å². The molecule has 0 atom stereocenters. The lowest BCUT2D eigenvalue weighted by Gasteiger charge is -2.15. The van der Waals surface area contributed by atoms with E-state index in [1.54, 1.807) is 42.5 Å². The van der Waals surface area contributed by atoms with E-state index in [0.29, 0.717) is 16.3 Å². The number of amides is 2. The molecule has 11 heteroatoms. The molecule has 7 nitrogen and oxygen atoms in total. The Bertz CT molecular complexity index is 1690. The van der Waals surface area contributed by atoms with E-state index in [-0.39, 0.29) is 21.2 Å². The van der Waals surface area contributed by atoms with Gasteiger partial charge in [-0.15, -0.1) is 0 Å². The summed E-state index contributed by atoms with van der Waals surface area (Å²) in [5.74, 6) is -2.18. The van der Waals surface area contributed by atoms with Gasteiger partial charge in [0.2, 0.25) is 0 Å². The average Bonchev–Trinajstić information content (AvgIpc) is 3.14. The Morgan fingerprint density at radius 3 is 2.00 bits per heavy atom. The minimum absolute atomic E-state index is 0.00208. The molecule has 196 valence electrons. The second-order valence-corrected chi connectivity index (χ2v) is 11.1. The zero-order valence-electron chi connectivity index (χ0n) is 20.0. The van der Waals surface area contributed by atoms with Crippen LogP contribution >= 0.6 is 11.8 Å². The van der Waals surface area contributed by atoms with Gasteiger partial charge in [-0.3, -0.25) is 14.3 Å². The number of carbonyl (C=O) groups is 2. The SMILES string of the molecule is O=C1C(Nc2ccc(F)cc2)=C(Sc2cccc(NS(=O)(=O)c3ccc(F)cc3)c2)C(=O)N1c1ccccc1. The first-order valence-corrected chi connectivity index (χ1v) is 13.8. The van der Waals surface area contributed by atoms with Gasteiger partial charge in [-0.1, -0.05) is 36.0 Å². The number of thioether (sulfide) groups is 1. The molecule has 2 amide bonds. The van der Waals surface area contributed by atoms with Gasteiger partial charge in [-0.05, 0) is 78.9 Å². The zero-order valence-corrected chi connectivity index (χ0v) is 21.6. The predicted molar refractivity (Wildman–Crippen MR) is 145 cm³/mol. The van der Waals surface area contributed by atoms with E-state index in [9.17, 15) is 26.8 Å². The van der Waals surface area contributed by atoms with Crippen LogP contribution in [0.4, 0.5) is 25.8 Å². The van der Waals surface area contributed by atoms with Crippen LogP contribution in [0.2, 0.25) is 0 Å². The maximum absolute atomic E-state index is 13.5. The number of hydrogen-bond donors (Lipinski definition) is 2. The minimum atomic E-state index is -4.00. The smallest absolute Gasteiger partial charge is 0.283 e. The largest absolute Gasteiger partial charge is 0.350 e. The van der Waals surface area contributed by atoms with Crippen molar-refractivity contribution < 1.29 is 26.8 Å². The molecule has 0 saturated carbocycles. The number of benzene rings is 4. The Hall–Kier alpha value is -4.48. The fourth-order valence-electron chi connectivity index (χ4n) is 3.77. The van der Waals surface area contributed by atoms with Crippen molar-refractivity contribution in [1.82, 2.24) is 0 Å². The number of nitrogens with one attached hydrogen (secondary N) is 2. The maximum Gasteiger partial charge on any atom is 0.283 e. The molecule has 2 N–H and O–H groups in total. The molecule has 4 aromatic rings. The highest BCUT2D eigenvalue weighted by molar-refractivity contribution is 8.04. The molecule has 5 rings (SSSR count). The Morgan fingerprint density at radius 2 is 1.33 bits per heavy atom. The summed E-state index contributed by atoms with van der Waals surface area (Å²) in [4.78, 5) is 28.4. The third-order valence-electron chi connectivity index (χ3n) is 5.60. The van der Waals surface area contributed by atoms with E-state index in [4.69, 9.17) is 0 Å². The van der Waals surface area contributed by atoms with Crippen molar-refractivity contribution in [1.29, 1.82) is 0 Å². The van der Waals surface area contributed by atoms with E-state index >= 15 is 0 Å². The molecule has 0 saturated heterocycles. The lowest BCUT2D eigenvalue weighted by atomic mass is 10.3. The summed E-state index contributed by atoms with van der Waals surface area (Å²) in [7, 11) is -4.00. The Labute approximate surface area is 227 Å². The van der Waals surface area contributed by atoms with Gasteiger partial charge in [-0.25, -0.2) is 22.1 Å². The van der Waals surface area contributed by atoms with Gasteiger partial charge in [0, 0.05) is 16.3 Å². The second-order valence-electron chi connectivity index (χ2n) is 8.31. The van der Waals surface area contributed by atoms with Crippen molar-refractivity contribution in [3.63, 3.8) is 0 Å². The molecule has 0 fully saturated rings. The van der Waals surface area contributed by atoms with Crippen molar-refractivity contribution >= 4 is 50.7 Å². The van der Waals surface area contributed by atoms with Gasteiger partial charge in [0.1, 0.15) is 22.2 Å². The fourth-order valence-corrected chi connectivity index (χ4v) is 5.81. The number of para-hydroxylation sites is 1. The summed E-state index contributed by atoms with van der Waals surface area (Å²) in [6, 6.07) is 24.4. The van der Waals surface area contributed by atoms with Crippen molar-refractivity contribution in [2.24, 2.45) is 0 Å². The molecule has 0 aromatic heterocycles. The Balaban J connectivity index is 1.46. The Morgan fingerprint density at radius 1 is 0.692 bits per heavy atom. The van der Waals surface area contributed by atoms with Crippen molar-refractivity contribution in [2.75, 3.05) is 14.9 Å². The van der Waals surface area contributed by atoms with Gasteiger partial charge in [0.25, 0.3) is 21.8 Å². The van der Waals surface area contributed by atoms with E-state index in [0.717, 1.165) is 40.9 Å². The Kier molecular flexibility index (Phi) is 7.18. The lowest BCUT2D eigenvalue weighted by Crippen LogP contribution is -2.32. The average molecular weight is 564 g/mol. The molecule has 0 spiro atoms. The van der Waals surface area contributed by atoms with E-state index in [1.807, 2.05) is 0 Å². The van der Waals surface area contributed by atoms with Crippen molar-refractivity contribution in [3.8, 4) is 0 Å². The maximum atomic E-state index is 13.5. The number of nitrogens with zero attached hydrogens (tertiary/aromatic N) is 1. The van der Waals surface area contributed by atoms with Crippen LogP contribution < -0.4 is 14.9 Å². The quantitative estimate of drug-likeness (QED) is 0.265. The van der Waals surface area contributed by atoms with Crippen LogP contribution in [-0.2, 0) is 19.6 Å². The van der Waals surface area contributed by atoms with E-state index < -0.39 is 33.5 Å². The lowest BCUT2D eigenvalue weighted by molar-refractivity contribution is -0.120. The number of imide groups is 1. The number of halogens is 2. The van der Waals surface area contributed by atoms with Gasteiger partial charge < -0.3 is 5.32 Å².